The van der Waals surface area contributed by atoms with Gasteiger partial charge in [-0.15, -0.1) is 0 Å². The number of carbonyl (C=O) groups is 2. The van der Waals surface area contributed by atoms with Crippen molar-refractivity contribution >= 4 is 21.9 Å². The summed E-state index contributed by atoms with van der Waals surface area (Å²) >= 11 is 0. The Morgan fingerprint density at radius 2 is 1.75 bits per heavy atom. The summed E-state index contributed by atoms with van der Waals surface area (Å²) < 4.78 is 45.8. The van der Waals surface area contributed by atoms with Gasteiger partial charge in [-0.25, -0.2) is 17.6 Å². The highest BCUT2D eigenvalue weighted by Gasteiger charge is 2.35. The molecule has 3 rings (SSSR count). The maximum absolute atomic E-state index is 13.1. The van der Waals surface area contributed by atoms with Gasteiger partial charge in [-0.3, -0.25) is 4.79 Å². The summed E-state index contributed by atoms with van der Waals surface area (Å²) in [6.07, 6.45) is 0.798. The first-order valence-corrected chi connectivity index (χ1v) is 11.5. The van der Waals surface area contributed by atoms with E-state index in [1.807, 2.05) is 0 Å². The maximum Gasteiger partial charge on any atom is 0.335 e. The third-order valence-corrected chi connectivity index (χ3v) is 7.14. The average Bonchev–Trinajstić information content (AvgIpc) is 2.75. The van der Waals surface area contributed by atoms with E-state index >= 15 is 0 Å². The number of nitrogens with zero attached hydrogens (tertiary/aromatic N) is 1. The number of hydrogen-bond donors (Lipinski definition) is 2. The first-order valence-electron chi connectivity index (χ1n) is 10.1. The van der Waals surface area contributed by atoms with Crippen LogP contribution < -0.4 is 10.1 Å². The van der Waals surface area contributed by atoms with Crippen molar-refractivity contribution in [1.29, 1.82) is 0 Å². The Kier molecular flexibility index (Phi) is 6.85. The van der Waals surface area contributed by atoms with Gasteiger partial charge in [-0.1, -0.05) is 6.07 Å². The van der Waals surface area contributed by atoms with Crippen LogP contribution in [0.25, 0.3) is 0 Å². The van der Waals surface area contributed by atoms with Crippen LogP contribution >= 0.6 is 0 Å². The van der Waals surface area contributed by atoms with Gasteiger partial charge >= 0.3 is 5.97 Å². The first-order chi connectivity index (χ1) is 15.0. The predicted octanol–water partition coefficient (Wildman–Crippen LogP) is 2.65. The van der Waals surface area contributed by atoms with Crippen molar-refractivity contribution < 1.29 is 32.2 Å². The van der Waals surface area contributed by atoms with Crippen LogP contribution in [0.1, 0.15) is 37.0 Å². The standard InChI is InChI=1S/C22H25FN2O6S/c1-22(2,31-18-8-6-16(23)7-9-18)21(28)24-17-10-12-25(13-11-17)32(29,30)19-5-3-4-15(14-19)20(26)27/h3-9,14,17H,10-13H2,1-2H3,(H,24,28)(H,26,27). The molecule has 0 aromatic heterocycles. The number of halogens is 1. The molecule has 0 saturated carbocycles. The number of nitrogens with one attached hydrogen (secondary N) is 1. The van der Waals surface area contributed by atoms with Crippen molar-refractivity contribution in [2.24, 2.45) is 0 Å². The Balaban J connectivity index is 1.59. The van der Waals surface area contributed by atoms with Crippen LogP contribution in [0.3, 0.4) is 0 Å². The van der Waals surface area contributed by atoms with Crippen LogP contribution in [0.4, 0.5) is 4.39 Å². The number of carboxylic acid groups (broad SMARTS) is 1. The highest BCUT2D eigenvalue weighted by atomic mass is 32.2. The van der Waals surface area contributed by atoms with Crippen LogP contribution in [0.15, 0.2) is 53.4 Å². The first kappa shape index (κ1) is 23.7. The number of hydrogen-bond acceptors (Lipinski definition) is 5. The lowest BCUT2D eigenvalue weighted by atomic mass is 10.0. The lowest BCUT2D eigenvalue weighted by molar-refractivity contribution is -0.135. The highest BCUT2D eigenvalue weighted by Crippen LogP contribution is 2.23. The molecule has 0 spiro atoms. The van der Waals surface area contributed by atoms with E-state index in [0.717, 1.165) is 6.07 Å². The zero-order valence-corrected chi connectivity index (χ0v) is 18.6. The fourth-order valence-electron chi connectivity index (χ4n) is 3.38. The predicted molar refractivity (Wildman–Crippen MR) is 114 cm³/mol. The fraction of sp³-hybridized carbons (Fsp3) is 0.364. The summed E-state index contributed by atoms with van der Waals surface area (Å²) in [5.41, 5.74) is -1.31. The van der Waals surface area contributed by atoms with Crippen molar-refractivity contribution in [1.82, 2.24) is 9.62 Å². The van der Waals surface area contributed by atoms with E-state index in [2.05, 4.69) is 5.32 Å². The van der Waals surface area contributed by atoms with E-state index in [0.29, 0.717) is 18.6 Å². The van der Waals surface area contributed by atoms with E-state index in [1.165, 1.54) is 46.8 Å². The van der Waals surface area contributed by atoms with Gasteiger partial charge in [-0.2, -0.15) is 4.31 Å². The van der Waals surface area contributed by atoms with Crippen molar-refractivity contribution in [3.8, 4) is 5.75 Å². The second-order valence-electron chi connectivity index (χ2n) is 8.05. The lowest BCUT2D eigenvalue weighted by Crippen LogP contribution is -2.53. The molecule has 0 atom stereocenters. The number of carboxylic acids is 1. The number of aromatic carboxylic acids is 1. The molecule has 1 fully saturated rings. The number of piperidine rings is 1. The van der Waals surface area contributed by atoms with Gasteiger partial charge in [0.05, 0.1) is 10.5 Å². The Morgan fingerprint density at radius 1 is 1.12 bits per heavy atom. The number of benzene rings is 2. The maximum atomic E-state index is 13.1. The highest BCUT2D eigenvalue weighted by molar-refractivity contribution is 7.89. The molecule has 1 heterocycles. The van der Waals surface area contributed by atoms with Gasteiger partial charge in [0, 0.05) is 19.1 Å². The van der Waals surface area contributed by atoms with Crippen molar-refractivity contribution in [2.45, 2.75) is 43.2 Å². The monoisotopic (exact) mass is 464 g/mol. The summed E-state index contributed by atoms with van der Waals surface area (Å²) in [5.74, 6) is -1.61. The Bertz CT molecular complexity index is 1090. The van der Waals surface area contributed by atoms with Crippen LogP contribution in [0.5, 0.6) is 5.75 Å². The topological polar surface area (TPSA) is 113 Å². The summed E-state index contributed by atoms with van der Waals surface area (Å²) in [7, 11) is -3.84. The van der Waals surface area contributed by atoms with E-state index < -0.39 is 27.4 Å². The van der Waals surface area contributed by atoms with Gasteiger partial charge in [0.15, 0.2) is 5.60 Å². The van der Waals surface area contributed by atoms with E-state index in [-0.39, 0.29) is 35.5 Å². The number of ether oxygens (including phenoxy) is 1. The van der Waals surface area contributed by atoms with E-state index in [9.17, 15) is 22.4 Å². The largest absolute Gasteiger partial charge is 0.478 e. The minimum atomic E-state index is -3.84. The van der Waals surface area contributed by atoms with Gasteiger partial charge < -0.3 is 15.2 Å². The summed E-state index contributed by atoms with van der Waals surface area (Å²) in [4.78, 5) is 23.8. The van der Waals surface area contributed by atoms with Gasteiger partial charge in [0.2, 0.25) is 10.0 Å². The summed E-state index contributed by atoms with van der Waals surface area (Å²) in [6.45, 7) is 3.56. The summed E-state index contributed by atoms with van der Waals surface area (Å²) in [5, 5.41) is 12.0. The molecule has 8 nitrogen and oxygen atoms in total. The smallest absolute Gasteiger partial charge is 0.335 e. The van der Waals surface area contributed by atoms with Crippen LogP contribution in [0.2, 0.25) is 0 Å². The molecular weight excluding hydrogens is 439 g/mol. The second kappa shape index (κ2) is 9.25. The molecule has 1 aliphatic heterocycles. The molecule has 2 aromatic rings. The molecule has 0 radical (unpaired) electrons. The number of rotatable bonds is 7. The number of amides is 1. The molecule has 1 aliphatic rings. The molecule has 2 N–H and O–H groups in total. The van der Waals surface area contributed by atoms with Gasteiger partial charge in [0.25, 0.3) is 5.91 Å². The number of carbonyl (C=O) groups excluding carboxylic acids is 1. The van der Waals surface area contributed by atoms with Crippen LogP contribution in [-0.2, 0) is 14.8 Å². The van der Waals surface area contributed by atoms with Crippen molar-refractivity contribution in [2.75, 3.05) is 13.1 Å². The van der Waals surface area contributed by atoms with Gasteiger partial charge in [-0.05, 0) is 69.2 Å². The Hall–Kier alpha value is -2.98. The van der Waals surface area contributed by atoms with Crippen molar-refractivity contribution in [3.05, 3.63) is 59.9 Å². The zero-order chi connectivity index (χ0) is 23.5. The third kappa shape index (κ3) is 5.43. The normalized spacial score (nSPS) is 15.8. The minimum Gasteiger partial charge on any atom is -0.478 e. The molecule has 0 unspecified atom stereocenters. The quantitative estimate of drug-likeness (QED) is 0.651. The molecule has 10 heteroatoms. The summed E-state index contributed by atoms with van der Waals surface area (Å²) in [6, 6.07) is 10.4. The molecular formula is C22H25FN2O6S. The number of sulfonamides is 1. The molecule has 0 aliphatic carbocycles. The van der Waals surface area contributed by atoms with E-state index in [1.54, 1.807) is 13.8 Å². The molecule has 1 saturated heterocycles. The molecule has 1 amide bonds. The average molecular weight is 465 g/mol. The molecule has 2 aromatic carbocycles. The van der Waals surface area contributed by atoms with Crippen LogP contribution in [-0.4, -0.2) is 54.4 Å². The molecule has 32 heavy (non-hydrogen) atoms. The zero-order valence-electron chi connectivity index (χ0n) is 17.7. The van der Waals surface area contributed by atoms with E-state index in [4.69, 9.17) is 9.84 Å². The third-order valence-electron chi connectivity index (χ3n) is 5.24. The lowest BCUT2D eigenvalue weighted by Gasteiger charge is -2.34. The fourth-order valence-corrected chi connectivity index (χ4v) is 4.90. The second-order valence-corrected chi connectivity index (χ2v) is 9.99. The molecule has 0 bridgehead atoms. The Labute approximate surface area is 186 Å². The van der Waals surface area contributed by atoms with Crippen molar-refractivity contribution in [3.63, 3.8) is 0 Å². The molecule has 172 valence electrons. The van der Waals surface area contributed by atoms with Crippen LogP contribution in [0, 0.1) is 5.82 Å². The Morgan fingerprint density at radius 3 is 2.34 bits per heavy atom. The minimum absolute atomic E-state index is 0.0753. The van der Waals surface area contributed by atoms with Gasteiger partial charge in [0.1, 0.15) is 11.6 Å². The SMILES string of the molecule is CC(C)(Oc1ccc(F)cc1)C(=O)NC1CCN(S(=O)(=O)c2cccc(C(=O)O)c2)CC1.